The average molecular weight is 421 g/mol. The third-order valence-corrected chi connectivity index (χ3v) is 5.76. The van der Waals surface area contributed by atoms with Gasteiger partial charge in [0.2, 0.25) is 0 Å². The van der Waals surface area contributed by atoms with Crippen LogP contribution in [-0.4, -0.2) is 38.7 Å². The number of hydrogen-bond donors (Lipinski definition) is 1. The summed E-state index contributed by atoms with van der Waals surface area (Å²) in [4.78, 5) is 25.0. The van der Waals surface area contributed by atoms with Crippen LogP contribution in [0.25, 0.3) is 11.0 Å². The number of carbonyl (C=O) groups is 1. The number of anilines is 2. The molecule has 0 aromatic carbocycles. The Labute approximate surface area is 183 Å². The standard InChI is InChI=1S/C24H32N6O/c1-15(2)19-13-18(21-16(3)28-30(22(21)26-19)24(4,5)6)23(31)27-20-10-9-17(14-25-20)29-11-7-8-12-29/h9-10,13-15H,7-8,11-12H2,1-6H3,(H,25,27,31). The van der Waals surface area contributed by atoms with Gasteiger partial charge in [-0.2, -0.15) is 5.10 Å². The van der Waals surface area contributed by atoms with Crippen molar-refractivity contribution in [3.8, 4) is 0 Å². The van der Waals surface area contributed by atoms with Gasteiger partial charge >= 0.3 is 0 Å². The SMILES string of the molecule is Cc1nn(C(C)(C)C)c2nc(C(C)C)cc(C(=O)Nc3ccc(N4CCCC4)cn3)c12. The molecule has 1 fully saturated rings. The lowest BCUT2D eigenvalue weighted by Gasteiger charge is -2.20. The summed E-state index contributed by atoms with van der Waals surface area (Å²) in [6, 6.07) is 5.79. The molecule has 1 amide bonds. The quantitative estimate of drug-likeness (QED) is 0.652. The topological polar surface area (TPSA) is 75.9 Å². The van der Waals surface area contributed by atoms with Crippen LogP contribution >= 0.6 is 0 Å². The molecule has 0 radical (unpaired) electrons. The van der Waals surface area contributed by atoms with E-state index in [2.05, 4.69) is 49.8 Å². The van der Waals surface area contributed by atoms with Gasteiger partial charge in [-0.05, 0) is 64.7 Å². The molecule has 0 bridgehead atoms. The molecule has 0 unspecified atom stereocenters. The van der Waals surface area contributed by atoms with Gasteiger partial charge in [0.25, 0.3) is 5.91 Å². The highest BCUT2D eigenvalue weighted by Crippen LogP contribution is 2.29. The Kier molecular flexibility index (Phi) is 5.45. The molecular formula is C24H32N6O. The Balaban J connectivity index is 1.70. The minimum Gasteiger partial charge on any atom is -0.370 e. The number of nitrogens with one attached hydrogen (secondary N) is 1. The molecule has 0 spiro atoms. The van der Waals surface area contributed by atoms with E-state index in [0.29, 0.717) is 11.4 Å². The smallest absolute Gasteiger partial charge is 0.257 e. The van der Waals surface area contributed by atoms with Crippen LogP contribution in [0.5, 0.6) is 0 Å². The zero-order chi connectivity index (χ0) is 22.3. The fourth-order valence-corrected chi connectivity index (χ4v) is 4.06. The Hall–Kier alpha value is -2.96. The van der Waals surface area contributed by atoms with E-state index in [1.54, 1.807) is 0 Å². The molecule has 0 aliphatic carbocycles. The molecule has 3 aromatic rings. The predicted molar refractivity (Wildman–Crippen MR) is 125 cm³/mol. The Bertz CT molecular complexity index is 1100. The molecule has 7 nitrogen and oxygen atoms in total. The van der Waals surface area contributed by atoms with Gasteiger partial charge in [-0.25, -0.2) is 14.6 Å². The lowest BCUT2D eigenvalue weighted by atomic mass is 10.0. The maximum absolute atomic E-state index is 13.3. The summed E-state index contributed by atoms with van der Waals surface area (Å²) in [5.41, 5.74) is 3.88. The van der Waals surface area contributed by atoms with E-state index < -0.39 is 0 Å². The highest BCUT2D eigenvalue weighted by Gasteiger charge is 2.25. The number of aromatic nitrogens is 4. The maximum Gasteiger partial charge on any atom is 0.257 e. The number of carbonyl (C=O) groups excluding carboxylic acids is 1. The van der Waals surface area contributed by atoms with Crippen molar-refractivity contribution >= 4 is 28.4 Å². The normalized spacial score (nSPS) is 14.6. The van der Waals surface area contributed by atoms with Crippen LogP contribution in [0.1, 0.15) is 75.1 Å². The molecule has 4 heterocycles. The molecule has 3 aromatic heterocycles. The fraction of sp³-hybridized carbons (Fsp3) is 0.500. The number of fused-ring (bicyclic) bond motifs is 1. The lowest BCUT2D eigenvalue weighted by molar-refractivity contribution is 0.102. The molecule has 7 heteroatoms. The van der Waals surface area contributed by atoms with Crippen LogP contribution in [0.2, 0.25) is 0 Å². The van der Waals surface area contributed by atoms with E-state index in [4.69, 9.17) is 10.1 Å². The van der Waals surface area contributed by atoms with Crippen molar-refractivity contribution in [2.75, 3.05) is 23.3 Å². The van der Waals surface area contributed by atoms with Gasteiger partial charge in [-0.3, -0.25) is 4.79 Å². The number of hydrogen-bond acceptors (Lipinski definition) is 5. The van der Waals surface area contributed by atoms with E-state index in [0.717, 1.165) is 41.2 Å². The van der Waals surface area contributed by atoms with E-state index in [1.807, 2.05) is 36.0 Å². The molecule has 1 N–H and O–H groups in total. The Morgan fingerprint density at radius 3 is 2.45 bits per heavy atom. The lowest BCUT2D eigenvalue weighted by Crippen LogP contribution is -2.24. The van der Waals surface area contributed by atoms with Crippen molar-refractivity contribution in [1.82, 2.24) is 19.7 Å². The molecule has 31 heavy (non-hydrogen) atoms. The van der Waals surface area contributed by atoms with Gasteiger partial charge < -0.3 is 10.2 Å². The van der Waals surface area contributed by atoms with Crippen molar-refractivity contribution in [2.45, 2.75) is 65.8 Å². The monoisotopic (exact) mass is 420 g/mol. The van der Waals surface area contributed by atoms with Crippen molar-refractivity contribution in [3.63, 3.8) is 0 Å². The van der Waals surface area contributed by atoms with Crippen LogP contribution in [0.15, 0.2) is 24.4 Å². The highest BCUT2D eigenvalue weighted by molar-refractivity contribution is 6.12. The molecular weight excluding hydrogens is 388 g/mol. The highest BCUT2D eigenvalue weighted by atomic mass is 16.1. The van der Waals surface area contributed by atoms with Crippen LogP contribution in [0, 0.1) is 6.92 Å². The van der Waals surface area contributed by atoms with Gasteiger partial charge in [0.1, 0.15) is 5.82 Å². The zero-order valence-electron chi connectivity index (χ0n) is 19.4. The summed E-state index contributed by atoms with van der Waals surface area (Å²) >= 11 is 0. The summed E-state index contributed by atoms with van der Waals surface area (Å²) in [5, 5.41) is 8.49. The van der Waals surface area contributed by atoms with Crippen molar-refractivity contribution in [3.05, 3.63) is 41.3 Å². The van der Waals surface area contributed by atoms with Crippen LogP contribution in [0.3, 0.4) is 0 Å². The van der Waals surface area contributed by atoms with Crippen molar-refractivity contribution < 1.29 is 4.79 Å². The first kappa shape index (κ1) is 21.3. The van der Waals surface area contributed by atoms with E-state index in [-0.39, 0.29) is 17.4 Å². The van der Waals surface area contributed by atoms with Gasteiger partial charge in [-0.15, -0.1) is 0 Å². The maximum atomic E-state index is 13.3. The minimum atomic E-state index is -0.240. The summed E-state index contributed by atoms with van der Waals surface area (Å²) in [6.45, 7) is 14.5. The number of pyridine rings is 2. The summed E-state index contributed by atoms with van der Waals surface area (Å²) in [6.07, 6.45) is 4.28. The molecule has 164 valence electrons. The van der Waals surface area contributed by atoms with E-state index in [9.17, 15) is 4.79 Å². The summed E-state index contributed by atoms with van der Waals surface area (Å²) < 4.78 is 1.92. The van der Waals surface area contributed by atoms with Gasteiger partial charge in [0, 0.05) is 18.8 Å². The Morgan fingerprint density at radius 1 is 1.16 bits per heavy atom. The average Bonchev–Trinajstić information content (AvgIpc) is 3.36. The van der Waals surface area contributed by atoms with Crippen molar-refractivity contribution in [2.24, 2.45) is 0 Å². The summed E-state index contributed by atoms with van der Waals surface area (Å²) in [7, 11) is 0. The number of nitrogens with zero attached hydrogens (tertiary/aromatic N) is 5. The second-order valence-electron chi connectivity index (χ2n) is 9.67. The molecule has 1 saturated heterocycles. The molecule has 0 atom stereocenters. The number of aryl methyl sites for hydroxylation is 1. The second kappa shape index (κ2) is 7.94. The van der Waals surface area contributed by atoms with Crippen molar-refractivity contribution in [1.29, 1.82) is 0 Å². The summed E-state index contributed by atoms with van der Waals surface area (Å²) in [5.74, 6) is 0.551. The van der Waals surface area contributed by atoms with Gasteiger partial charge in [0.05, 0.1) is 34.1 Å². The largest absolute Gasteiger partial charge is 0.370 e. The predicted octanol–water partition coefficient (Wildman–Crippen LogP) is 4.87. The number of amides is 1. The molecule has 0 saturated carbocycles. The Morgan fingerprint density at radius 2 is 1.87 bits per heavy atom. The van der Waals surface area contributed by atoms with Crippen LogP contribution in [0.4, 0.5) is 11.5 Å². The zero-order valence-corrected chi connectivity index (χ0v) is 19.4. The first-order valence-corrected chi connectivity index (χ1v) is 11.1. The van der Waals surface area contributed by atoms with Crippen LogP contribution in [-0.2, 0) is 5.54 Å². The number of rotatable bonds is 4. The fourth-order valence-electron chi connectivity index (χ4n) is 4.06. The molecule has 1 aliphatic rings. The van der Waals surface area contributed by atoms with Crippen LogP contribution < -0.4 is 10.2 Å². The second-order valence-corrected chi connectivity index (χ2v) is 9.67. The molecule has 4 rings (SSSR count). The van der Waals surface area contributed by atoms with E-state index in [1.165, 1.54) is 12.8 Å². The first-order chi connectivity index (χ1) is 14.6. The third kappa shape index (κ3) is 4.13. The molecule has 1 aliphatic heterocycles. The van der Waals surface area contributed by atoms with E-state index >= 15 is 0 Å². The minimum absolute atomic E-state index is 0.188. The first-order valence-electron chi connectivity index (χ1n) is 11.1. The third-order valence-electron chi connectivity index (χ3n) is 5.76. The van der Waals surface area contributed by atoms with Gasteiger partial charge in [0.15, 0.2) is 5.65 Å². The van der Waals surface area contributed by atoms with Gasteiger partial charge in [-0.1, -0.05) is 13.8 Å².